The number of hydrogen-bond donors (Lipinski definition) is 0. The summed E-state index contributed by atoms with van der Waals surface area (Å²) < 4.78 is 12.0. The van der Waals surface area contributed by atoms with E-state index in [9.17, 15) is 4.79 Å². The quantitative estimate of drug-likeness (QED) is 0.654. The summed E-state index contributed by atoms with van der Waals surface area (Å²) in [5.74, 6) is 0. The van der Waals surface area contributed by atoms with Crippen LogP contribution in [0.4, 0.5) is 0 Å². The first kappa shape index (κ1) is 9.36. The van der Waals surface area contributed by atoms with E-state index < -0.39 is 0 Å². The Hall–Kier alpha value is -1.20. The second-order valence-corrected chi connectivity index (χ2v) is 3.25. The molecule has 5 heteroatoms. The Morgan fingerprint density at radius 2 is 2.43 bits per heavy atom. The van der Waals surface area contributed by atoms with Crippen molar-refractivity contribution in [2.75, 3.05) is 6.61 Å². The van der Waals surface area contributed by atoms with Gasteiger partial charge in [-0.1, -0.05) is 0 Å². The highest BCUT2D eigenvalue weighted by Crippen LogP contribution is 2.18. The molecule has 0 aromatic carbocycles. The average Bonchev–Trinajstić information content (AvgIpc) is 2.51. The summed E-state index contributed by atoms with van der Waals surface area (Å²) in [4.78, 5) is 15.3. The Balaban J connectivity index is 2.29. The van der Waals surface area contributed by atoms with Gasteiger partial charge in [-0.3, -0.25) is 4.57 Å². The monoisotopic (exact) mass is 196 g/mol. The van der Waals surface area contributed by atoms with E-state index in [-0.39, 0.29) is 18.2 Å². The first-order valence-corrected chi connectivity index (χ1v) is 4.49. The molecule has 2 heterocycles. The number of aryl methyl sites for hydroxylation is 1. The Kier molecular flexibility index (Phi) is 2.35. The average molecular weight is 196 g/mol. The predicted molar refractivity (Wildman–Crippen MR) is 48.8 cm³/mol. The van der Waals surface area contributed by atoms with Crippen LogP contribution in [-0.4, -0.2) is 22.4 Å². The van der Waals surface area contributed by atoms with E-state index in [1.165, 1.54) is 4.57 Å². The Labute approximate surface area is 81.3 Å². The van der Waals surface area contributed by atoms with Gasteiger partial charge in [0, 0.05) is 11.9 Å². The normalized spacial score (nSPS) is 26.7. The molecule has 0 unspecified atom stereocenters. The summed E-state index contributed by atoms with van der Waals surface area (Å²) in [7, 11) is 0. The van der Waals surface area contributed by atoms with Crippen molar-refractivity contribution in [1.29, 1.82) is 0 Å². The molecule has 1 saturated heterocycles. The topological polar surface area (TPSA) is 53.4 Å². The molecule has 0 saturated carbocycles. The van der Waals surface area contributed by atoms with E-state index in [1.54, 1.807) is 26.1 Å². The Morgan fingerprint density at radius 1 is 1.64 bits per heavy atom. The van der Waals surface area contributed by atoms with Crippen LogP contribution in [-0.2, 0) is 9.47 Å². The molecular formula is C9H12N2O3. The van der Waals surface area contributed by atoms with E-state index in [0.29, 0.717) is 12.3 Å². The summed E-state index contributed by atoms with van der Waals surface area (Å²) in [5, 5.41) is 0. The fraction of sp³-hybridized carbons (Fsp3) is 0.556. The fourth-order valence-corrected chi connectivity index (χ4v) is 1.38. The Bertz CT molecular complexity index is 388. The molecule has 2 atom stereocenters. The highest BCUT2D eigenvalue weighted by Gasteiger charge is 2.24. The molecule has 1 aliphatic heterocycles. The molecule has 14 heavy (non-hydrogen) atoms. The summed E-state index contributed by atoms with van der Waals surface area (Å²) in [6, 6.07) is 1.77. The number of rotatable bonds is 1. The maximum atomic E-state index is 11.5. The maximum Gasteiger partial charge on any atom is 0.349 e. The SMILES string of the molecule is Cc1ccn([C@@H]2CO[C@H](C)O2)c(=O)n1. The first-order chi connectivity index (χ1) is 6.66. The van der Waals surface area contributed by atoms with Crippen molar-refractivity contribution < 1.29 is 9.47 Å². The van der Waals surface area contributed by atoms with E-state index in [4.69, 9.17) is 9.47 Å². The minimum absolute atomic E-state index is 0.256. The smallest absolute Gasteiger partial charge is 0.348 e. The highest BCUT2D eigenvalue weighted by molar-refractivity contribution is 4.96. The van der Waals surface area contributed by atoms with Gasteiger partial charge in [-0.2, -0.15) is 4.98 Å². The van der Waals surface area contributed by atoms with Gasteiger partial charge in [-0.15, -0.1) is 0 Å². The van der Waals surface area contributed by atoms with Crippen LogP contribution < -0.4 is 5.69 Å². The molecule has 0 amide bonds. The van der Waals surface area contributed by atoms with Crippen molar-refractivity contribution in [3.8, 4) is 0 Å². The Morgan fingerprint density at radius 3 is 3.00 bits per heavy atom. The van der Waals surface area contributed by atoms with Crippen LogP contribution in [0.1, 0.15) is 18.8 Å². The third-order valence-electron chi connectivity index (χ3n) is 2.10. The van der Waals surface area contributed by atoms with Crippen molar-refractivity contribution in [3.05, 3.63) is 28.4 Å². The zero-order valence-electron chi connectivity index (χ0n) is 8.14. The van der Waals surface area contributed by atoms with Gasteiger partial charge in [0.15, 0.2) is 12.5 Å². The van der Waals surface area contributed by atoms with Crippen LogP contribution in [0, 0.1) is 6.92 Å². The van der Waals surface area contributed by atoms with E-state index >= 15 is 0 Å². The van der Waals surface area contributed by atoms with Crippen molar-refractivity contribution in [2.24, 2.45) is 0 Å². The first-order valence-electron chi connectivity index (χ1n) is 4.49. The fourth-order valence-electron chi connectivity index (χ4n) is 1.38. The van der Waals surface area contributed by atoms with E-state index in [1.807, 2.05) is 0 Å². The molecular weight excluding hydrogens is 184 g/mol. The molecule has 5 nitrogen and oxygen atoms in total. The molecule has 1 aliphatic rings. The van der Waals surface area contributed by atoms with Crippen LogP contribution >= 0.6 is 0 Å². The summed E-state index contributed by atoms with van der Waals surface area (Å²) >= 11 is 0. The van der Waals surface area contributed by atoms with Crippen molar-refractivity contribution in [1.82, 2.24) is 9.55 Å². The molecule has 0 aliphatic carbocycles. The molecule has 0 radical (unpaired) electrons. The molecule has 76 valence electrons. The number of nitrogens with zero attached hydrogens (tertiary/aromatic N) is 2. The lowest BCUT2D eigenvalue weighted by molar-refractivity contribution is -0.0579. The second-order valence-electron chi connectivity index (χ2n) is 3.25. The standard InChI is InChI=1S/C9H12N2O3/c1-6-3-4-11(9(12)10-6)8-5-13-7(2)14-8/h3-4,7-8H,5H2,1-2H3/t7-,8-/m0/s1. The molecule has 0 N–H and O–H groups in total. The maximum absolute atomic E-state index is 11.5. The van der Waals surface area contributed by atoms with Gasteiger partial charge in [-0.25, -0.2) is 4.79 Å². The summed E-state index contributed by atoms with van der Waals surface area (Å²) in [6.07, 6.45) is 1.08. The molecule has 1 aromatic rings. The number of ether oxygens (including phenoxy) is 2. The third kappa shape index (κ3) is 1.69. The van der Waals surface area contributed by atoms with Crippen molar-refractivity contribution >= 4 is 0 Å². The molecule has 0 bridgehead atoms. The molecule has 1 fully saturated rings. The lowest BCUT2D eigenvalue weighted by atomic mass is 10.4. The van der Waals surface area contributed by atoms with Gasteiger partial charge in [-0.05, 0) is 19.9 Å². The minimum atomic E-state index is -0.342. The van der Waals surface area contributed by atoms with Gasteiger partial charge in [0.2, 0.25) is 0 Å². The van der Waals surface area contributed by atoms with Crippen molar-refractivity contribution in [2.45, 2.75) is 26.4 Å². The zero-order chi connectivity index (χ0) is 10.1. The van der Waals surface area contributed by atoms with Gasteiger partial charge in [0.05, 0.1) is 6.61 Å². The van der Waals surface area contributed by atoms with Crippen LogP contribution in [0.15, 0.2) is 17.1 Å². The van der Waals surface area contributed by atoms with E-state index in [2.05, 4.69) is 4.98 Å². The second kappa shape index (κ2) is 3.51. The zero-order valence-corrected chi connectivity index (χ0v) is 8.14. The minimum Gasteiger partial charge on any atom is -0.348 e. The van der Waals surface area contributed by atoms with Gasteiger partial charge >= 0.3 is 5.69 Å². The van der Waals surface area contributed by atoms with Gasteiger partial charge in [0.1, 0.15) is 0 Å². The highest BCUT2D eigenvalue weighted by atomic mass is 16.7. The van der Waals surface area contributed by atoms with Crippen LogP contribution in [0.5, 0.6) is 0 Å². The lowest BCUT2D eigenvalue weighted by Crippen LogP contribution is -2.28. The predicted octanol–water partition coefficient (Wildman–Crippen LogP) is 0.443. The molecule has 2 rings (SSSR count). The van der Waals surface area contributed by atoms with E-state index in [0.717, 1.165) is 0 Å². The van der Waals surface area contributed by atoms with Gasteiger partial charge in [0.25, 0.3) is 0 Å². The third-order valence-corrected chi connectivity index (χ3v) is 2.10. The lowest BCUT2D eigenvalue weighted by Gasteiger charge is -2.11. The largest absolute Gasteiger partial charge is 0.349 e. The number of aromatic nitrogens is 2. The summed E-state index contributed by atoms with van der Waals surface area (Å²) in [5.41, 5.74) is 0.408. The van der Waals surface area contributed by atoms with Crippen LogP contribution in [0.25, 0.3) is 0 Å². The molecule has 0 spiro atoms. The molecule has 1 aromatic heterocycles. The van der Waals surface area contributed by atoms with Crippen molar-refractivity contribution in [3.63, 3.8) is 0 Å². The van der Waals surface area contributed by atoms with Crippen LogP contribution in [0.3, 0.4) is 0 Å². The van der Waals surface area contributed by atoms with Crippen LogP contribution in [0.2, 0.25) is 0 Å². The van der Waals surface area contributed by atoms with Gasteiger partial charge < -0.3 is 9.47 Å². The summed E-state index contributed by atoms with van der Waals surface area (Å²) in [6.45, 7) is 3.97. The number of hydrogen-bond acceptors (Lipinski definition) is 4.